The molecule has 0 bridgehead atoms. The normalized spacial score (nSPS) is 11.9. The Morgan fingerprint density at radius 3 is 2.89 bits per heavy atom. The van der Waals surface area contributed by atoms with Crippen LogP contribution in [-0.2, 0) is 0 Å². The van der Waals surface area contributed by atoms with Crippen LogP contribution in [0.5, 0.6) is 0 Å². The summed E-state index contributed by atoms with van der Waals surface area (Å²) in [5.74, 6) is 0.240. The molecule has 0 amide bonds. The van der Waals surface area contributed by atoms with Crippen molar-refractivity contribution in [1.29, 1.82) is 0 Å². The monoisotopic (exact) mass is 322 g/mol. The predicted molar refractivity (Wildman–Crippen MR) is 74.9 cm³/mol. The quantitative estimate of drug-likeness (QED) is 0.689. The lowest BCUT2D eigenvalue weighted by molar-refractivity contribution is -0.384. The molecule has 0 saturated carbocycles. The van der Waals surface area contributed by atoms with Gasteiger partial charge in [0.1, 0.15) is 0 Å². The second-order valence-corrected chi connectivity index (χ2v) is 4.85. The SMILES string of the molecule is CC(Nc1ncc(Br)cc1[N+](=O)[O-])c1cccnc1. The van der Waals surface area contributed by atoms with Gasteiger partial charge in [-0.3, -0.25) is 15.1 Å². The highest BCUT2D eigenvalue weighted by Crippen LogP contribution is 2.28. The Labute approximate surface area is 118 Å². The number of halogens is 1. The van der Waals surface area contributed by atoms with Crippen LogP contribution in [0.15, 0.2) is 41.3 Å². The van der Waals surface area contributed by atoms with E-state index in [1.807, 2.05) is 19.1 Å². The first kappa shape index (κ1) is 13.4. The first-order valence-corrected chi connectivity index (χ1v) is 6.33. The van der Waals surface area contributed by atoms with E-state index in [1.54, 1.807) is 12.4 Å². The van der Waals surface area contributed by atoms with E-state index < -0.39 is 4.92 Å². The fourth-order valence-electron chi connectivity index (χ4n) is 1.60. The van der Waals surface area contributed by atoms with Crippen LogP contribution in [0.2, 0.25) is 0 Å². The maximum Gasteiger partial charge on any atom is 0.312 e. The average Bonchev–Trinajstić information content (AvgIpc) is 2.41. The van der Waals surface area contributed by atoms with Crippen LogP contribution in [0.25, 0.3) is 0 Å². The van der Waals surface area contributed by atoms with Gasteiger partial charge in [-0.1, -0.05) is 6.07 Å². The second-order valence-electron chi connectivity index (χ2n) is 3.93. The third-order valence-corrected chi connectivity index (χ3v) is 3.00. The molecule has 6 nitrogen and oxygen atoms in total. The minimum Gasteiger partial charge on any atom is -0.358 e. The summed E-state index contributed by atoms with van der Waals surface area (Å²) >= 11 is 3.17. The number of anilines is 1. The molecule has 0 aliphatic heterocycles. The fraction of sp³-hybridized carbons (Fsp3) is 0.167. The third kappa shape index (κ3) is 3.25. The maximum atomic E-state index is 11.0. The molecule has 0 aliphatic rings. The molecule has 7 heteroatoms. The van der Waals surface area contributed by atoms with Crippen molar-refractivity contribution in [2.45, 2.75) is 13.0 Å². The first-order chi connectivity index (χ1) is 9.08. The van der Waals surface area contributed by atoms with Gasteiger partial charge in [-0.25, -0.2) is 4.98 Å². The molecule has 2 heterocycles. The Balaban J connectivity index is 2.26. The van der Waals surface area contributed by atoms with Gasteiger partial charge in [-0.2, -0.15) is 0 Å². The molecule has 2 rings (SSSR count). The molecule has 0 aromatic carbocycles. The summed E-state index contributed by atoms with van der Waals surface area (Å²) in [5, 5.41) is 14.0. The molecule has 2 aromatic rings. The van der Waals surface area contributed by atoms with Gasteiger partial charge >= 0.3 is 5.69 Å². The van der Waals surface area contributed by atoms with Crippen LogP contribution in [0.4, 0.5) is 11.5 Å². The Morgan fingerprint density at radius 1 is 1.47 bits per heavy atom. The van der Waals surface area contributed by atoms with Crippen LogP contribution in [0, 0.1) is 10.1 Å². The van der Waals surface area contributed by atoms with Crippen LogP contribution >= 0.6 is 15.9 Å². The minimum absolute atomic E-state index is 0.0647. The zero-order valence-electron chi connectivity index (χ0n) is 10.1. The summed E-state index contributed by atoms with van der Waals surface area (Å²) in [6.45, 7) is 1.89. The molecule has 0 spiro atoms. The fourth-order valence-corrected chi connectivity index (χ4v) is 1.92. The van der Waals surface area contributed by atoms with Crippen LogP contribution < -0.4 is 5.32 Å². The largest absolute Gasteiger partial charge is 0.358 e. The lowest BCUT2D eigenvalue weighted by Crippen LogP contribution is -2.10. The van der Waals surface area contributed by atoms with Crippen LogP contribution in [-0.4, -0.2) is 14.9 Å². The lowest BCUT2D eigenvalue weighted by Gasteiger charge is -2.14. The number of nitrogens with zero attached hydrogens (tertiary/aromatic N) is 3. The topological polar surface area (TPSA) is 81.0 Å². The number of hydrogen-bond acceptors (Lipinski definition) is 5. The maximum absolute atomic E-state index is 11.0. The number of aromatic nitrogens is 2. The minimum atomic E-state index is -0.462. The van der Waals surface area contributed by atoms with Gasteiger partial charge in [-0.05, 0) is 34.5 Å². The van der Waals surface area contributed by atoms with E-state index in [1.165, 1.54) is 12.3 Å². The second kappa shape index (κ2) is 5.75. The van der Waals surface area contributed by atoms with E-state index in [2.05, 4.69) is 31.2 Å². The highest BCUT2D eigenvalue weighted by molar-refractivity contribution is 9.10. The molecule has 1 atom stereocenters. The summed E-state index contributed by atoms with van der Waals surface area (Å²) in [4.78, 5) is 18.6. The molecule has 1 unspecified atom stereocenters. The van der Waals surface area contributed by atoms with Crippen LogP contribution in [0.3, 0.4) is 0 Å². The number of rotatable bonds is 4. The van der Waals surface area contributed by atoms with Crippen molar-refractivity contribution in [3.05, 3.63) is 56.9 Å². The highest BCUT2D eigenvalue weighted by Gasteiger charge is 2.18. The summed E-state index contributed by atoms with van der Waals surface area (Å²) in [7, 11) is 0. The van der Waals surface area contributed by atoms with Gasteiger partial charge in [0.25, 0.3) is 0 Å². The number of nitrogens with one attached hydrogen (secondary N) is 1. The van der Waals surface area contributed by atoms with E-state index in [0.29, 0.717) is 4.47 Å². The van der Waals surface area contributed by atoms with Crippen molar-refractivity contribution in [2.24, 2.45) is 0 Å². The molecular formula is C12H11BrN4O2. The Kier molecular flexibility index (Phi) is 4.06. The summed E-state index contributed by atoms with van der Waals surface area (Å²) in [6.07, 6.45) is 4.91. The van der Waals surface area contributed by atoms with E-state index in [9.17, 15) is 10.1 Å². The van der Waals surface area contributed by atoms with Crippen molar-refractivity contribution in [3.8, 4) is 0 Å². The molecule has 19 heavy (non-hydrogen) atoms. The summed E-state index contributed by atoms with van der Waals surface area (Å²) < 4.78 is 0.568. The van der Waals surface area contributed by atoms with Gasteiger partial charge < -0.3 is 5.32 Å². The van der Waals surface area contributed by atoms with Gasteiger partial charge in [0, 0.05) is 29.1 Å². The average molecular weight is 323 g/mol. The Bertz CT molecular complexity index is 592. The molecule has 2 aromatic heterocycles. The van der Waals surface area contributed by atoms with Crippen molar-refractivity contribution < 1.29 is 4.92 Å². The van der Waals surface area contributed by atoms with Crippen LogP contribution in [0.1, 0.15) is 18.5 Å². The van der Waals surface area contributed by atoms with Gasteiger partial charge in [-0.15, -0.1) is 0 Å². The molecule has 98 valence electrons. The first-order valence-electron chi connectivity index (χ1n) is 5.54. The van der Waals surface area contributed by atoms with E-state index >= 15 is 0 Å². The summed E-state index contributed by atoms with van der Waals surface area (Å²) in [6, 6.07) is 5.01. The third-order valence-electron chi connectivity index (χ3n) is 2.57. The number of nitro groups is 1. The van der Waals surface area contributed by atoms with E-state index in [0.717, 1.165) is 5.56 Å². The predicted octanol–water partition coefficient (Wildman–Crippen LogP) is 3.32. The smallest absolute Gasteiger partial charge is 0.312 e. The standard InChI is InChI=1S/C12H11BrN4O2/c1-8(9-3-2-4-14-6-9)16-12-11(17(18)19)5-10(13)7-15-12/h2-8H,1H3,(H,15,16). The van der Waals surface area contributed by atoms with Gasteiger partial charge in [0.15, 0.2) is 0 Å². The van der Waals surface area contributed by atoms with Crippen molar-refractivity contribution in [3.63, 3.8) is 0 Å². The molecule has 1 N–H and O–H groups in total. The van der Waals surface area contributed by atoms with Gasteiger partial charge in [0.05, 0.1) is 11.0 Å². The Morgan fingerprint density at radius 2 is 2.26 bits per heavy atom. The highest BCUT2D eigenvalue weighted by atomic mass is 79.9. The van der Waals surface area contributed by atoms with Crippen molar-refractivity contribution in [1.82, 2.24) is 9.97 Å². The lowest BCUT2D eigenvalue weighted by atomic mass is 10.1. The van der Waals surface area contributed by atoms with Gasteiger partial charge in [0.2, 0.25) is 5.82 Å². The molecule has 0 fully saturated rings. The van der Waals surface area contributed by atoms with Crippen molar-refractivity contribution >= 4 is 27.4 Å². The van der Waals surface area contributed by atoms with Crippen molar-refractivity contribution in [2.75, 3.05) is 5.32 Å². The molecular weight excluding hydrogens is 312 g/mol. The summed E-state index contributed by atoms with van der Waals surface area (Å²) in [5.41, 5.74) is 0.867. The zero-order valence-corrected chi connectivity index (χ0v) is 11.7. The number of hydrogen-bond donors (Lipinski definition) is 1. The van der Waals surface area contributed by atoms with E-state index in [-0.39, 0.29) is 17.5 Å². The molecule has 0 saturated heterocycles. The Hall–Kier alpha value is -2.02. The molecule has 0 aliphatic carbocycles. The van der Waals surface area contributed by atoms with E-state index in [4.69, 9.17) is 0 Å². The molecule has 0 radical (unpaired) electrons. The number of pyridine rings is 2. The zero-order chi connectivity index (χ0) is 13.8.